The molecule has 35 heavy (non-hydrogen) atoms. The summed E-state index contributed by atoms with van der Waals surface area (Å²) in [7, 11) is 1.53. The number of hydrogen-bond acceptors (Lipinski definition) is 5. The molecule has 5 aromatic rings. The number of para-hydroxylation sites is 2. The molecule has 0 unspecified atom stereocenters. The number of aromatic nitrogens is 1. The zero-order valence-corrected chi connectivity index (χ0v) is 19.9. The Hall–Kier alpha value is -4.00. The lowest BCUT2D eigenvalue weighted by atomic mass is 10.2. The fraction of sp³-hybridized carbons (Fsp3) is 0.0370. The van der Waals surface area contributed by atoms with E-state index in [1.807, 2.05) is 30.3 Å². The summed E-state index contributed by atoms with van der Waals surface area (Å²) in [4.78, 5) is 17.1. The lowest BCUT2D eigenvalue weighted by molar-refractivity contribution is -0.111. The SMILES string of the molecule is COc1ccc(-c2nc3ccccc3o2)cc1NC(=O)/C=C/c1ccc(-c2cc(Cl)cc(Cl)c2)o1. The number of fused-ring (bicyclic) bond motifs is 1. The maximum atomic E-state index is 12.6. The molecule has 0 saturated heterocycles. The minimum atomic E-state index is -0.359. The van der Waals surface area contributed by atoms with Crippen LogP contribution < -0.4 is 10.1 Å². The maximum Gasteiger partial charge on any atom is 0.248 e. The molecule has 0 saturated carbocycles. The largest absolute Gasteiger partial charge is 0.495 e. The summed E-state index contributed by atoms with van der Waals surface area (Å²) in [5.74, 6) is 1.68. The van der Waals surface area contributed by atoms with Crippen LogP contribution in [-0.2, 0) is 4.79 Å². The maximum absolute atomic E-state index is 12.6. The van der Waals surface area contributed by atoms with E-state index in [4.69, 9.17) is 36.8 Å². The molecular formula is C27H18Cl2N2O4. The molecular weight excluding hydrogens is 487 g/mol. The number of rotatable bonds is 6. The number of halogens is 2. The summed E-state index contributed by atoms with van der Waals surface area (Å²) in [5.41, 5.74) is 3.37. The van der Waals surface area contributed by atoms with Crippen molar-refractivity contribution >= 4 is 52.0 Å². The average molecular weight is 505 g/mol. The first kappa shape index (κ1) is 22.8. The van der Waals surface area contributed by atoms with Gasteiger partial charge < -0.3 is 18.9 Å². The molecule has 2 heterocycles. The molecule has 1 amide bonds. The molecule has 174 valence electrons. The third kappa shape index (κ3) is 5.09. The van der Waals surface area contributed by atoms with E-state index in [0.29, 0.717) is 50.0 Å². The number of methoxy groups -OCH3 is 1. The number of benzene rings is 3. The van der Waals surface area contributed by atoms with Crippen molar-refractivity contribution in [2.75, 3.05) is 12.4 Å². The first-order valence-electron chi connectivity index (χ1n) is 10.6. The van der Waals surface area contributed by atoms with Gasteiger partial charge in [-0.1, -0.05) is 35.3 Å². The molecule has 0 aliphatic rings. The summed E-state index contributed by atoms with van der Waals surface area (Å²) in [6.07, 6.45) is 2.95. The van der Waals surface area contributed by atoms with Gasteiger partial charge in [-0.2, -0.15) is 0 Å². The summed E-state index contributed by atoms with van der Waals surface area (Å²) in [6.45, 7) is 0. The molecule has 2 aromatic heterocycles. The quantitative estimate of drug-likeness (QED) is 0.239. The van der Waals surface area contributed by atoms with Crippen LogP contribution in [0.2, 0.25) is 10.0 Å². The molecule has 6 nitrogen and oxygen atoms in total. The van der Waals surface area contributed by atoms with E-state index in [2.05, 4.69) is 10.3 Å². The molecule has 0 atom stereocenters. The van der Waals surface area contributed by atoms with Crippen molar-refractivity contribution in [2.24, 2.45) is 0 Å². The number of hydrogen-bond donors (Lipinski definition) is 1. The Morgan fingerprint density at radius 3 is 2.51 bits per heavy atom. The van der Waals surface area contributed by atoms with Crippen LogP contribution in [0.5, 0.6) is 5.75 Å². The Balaban J connectivity index is 1.34. The number of anilines is 1. The third-order valence-corrected chi connectivity index (χ3v) is 5.61. The third-order valence-electron chi connectivity index (χ3n) is 5.17. The van der Waals surface area contributed by atoms with Crippen LogP contribution in [0.4, 0.5) is 5.69 Å². The summed E-state index contributed by atoms with van der Waals surface area (Å²) in [5, 5.41) is 3.85. The highest BCUT2D eigenvalue weighted by molar-refractivity contribution is 6.35. The lowest BCUT2D eigenvalue weighted by Gasteiger charge is -2.10. The number of carbonyl (C=O) groups is 1. The van der Waals surface area contributed by atoms with Gasteiger partial charge in [-0.05, 0) is 66.7 Å². The van der Waals surface area contributed by atoms with Gasteiger partial charge >= 0.3 is 0 Å². The molecule has 8 heteroatoms. The summed E-state index contributed by atoms with van der Waals surface area (Å²) >= 11 is 12.1. The van der Waals surface area contributed by atoms with E-state index in [0.717, 1.165) is 11.1 Å². The van der Waals surface area contributed by atoms with Gasteiger partial charge in [-0.25, -0.2) is 4.98 Å². The molecule has 0 radical (unpaired) electrons. The van der Waals surface area contributed by atoms with Gasteiger partial charge in [0.2, 0.25) is 11.8 Å². The van der Waals surface area contributed by atoms with Gasteiger partial charge in [0, 0.05) is 27.2 Å². The molecule has 0 fully saturated rings. The Labute approximate surface area is 210 Å². The summed E-state index contributed by atoms with van der Waals surface area (Å²) in [6, 6.07) is 21.5. The van der Waals surface area contributed by atoms with E-state index >= 15 is 0 Å². The van der Waals surface area contributed by atoms with Crippen molar-refractivity contribution < 1.29 is 18.4 Å². The molecule has 0 bridgehead atoms. The Morgan fingerprint density at radius 1 is 0.943 bits per heavy atom. The van der Waals surface area contributed by atoms with Crippen molar-refractivity contribution in [3.05, 3.63) is 94.7 Å². The van der Waals surface area contributed by atoms with Crippen molar-refractivity contribution in [1.29, 1.82) is 0 Å². The monoisotopic (exact) mass is 504 g/mol. The number of ether oxygens (including phenoxy) is 1. The van der Waals surface area contributed by atoms with Crippen molar-refractivity contribution in [1.82, 2.24) is 4.98 Å². The van der Waals surface area contributed by atoms with E-state index in [9.17, 15) is 4.79 Å². The van der Waals surface area contributed by atoms with Crippen molar-refractivity contribution in [3.8, 4) is 28.5 Å². The fourth-order valence-corrected chi connectivity index (χ4v) is 4.09. The van der Waals surface area contributed by atoms with Gasteiger partial charge in [-0.15, -0.1) is 0 Å². The molecule has 0 aliphatic carbocycles. The average Bonchev–Trinajstić information content (AvgIpc) is 3.49. The molecule has 5 rings (SSSR count). The fourth-order valence-electron chi connectivity index (χ4n) is 3.56. The van der Waals surface area contributed by atoms with Crippen molar-refractivity contribution in [3.63, 3.8) is 0 Å². The second-order valence-corrected chi connectivity index (χ2v) is 8.46. The second-order valence-electron chi connectivity index (χ2n) is 7.58. The molecule has 0 aliphatic heterocycles. The minimum Gasteiger partial charge on any atom is -0.495 e. The van der Waals surface area contributed by atoms with Crippen LogP contribution >= 0.6 is 23.2 Å². The highest BCUT2D eigenvalue weighted by Gasteiger charge is 2.13. The smallest absolute Gasteiger partial charge is 0.248 e. The van der Waals surface area contributed by atoms with Gasteiger partial charge in [0.05, 0.1) is 12.8 Å². The topological polar surface area (TPSA) is 77.5 Å². The number of amides is 1. The molecule has 3 aromatic carbocycles. The van der Waals surface area contributed by atoms with Crippen LogP contribution in [0.1, 0.15) is 5.76 Å². The van der Waals surface area contributed by atoms with E-state index in [1.54, 1.807) is 48.5 Å². The predicted molar refractivity (Wildman–Crippen MR) is 138 cm³/mol. The van der Waals surface area contributed by atoms with Crippen LogP contribution in [0.15, 0.2) is 87.7 Å². The van der Waals surface area contributed by atoms with Gasteiger partial charge in [-0.3, -0.25) is 4.79 Å². The molecule has 1 N–H and O–H groups in total. The van der Waals surface area contributed by atoms with Crippen LogP contribution in [0, 0.1) is 0 Å². The number of oxazole rings is 1. The molecule has 0 spiro atoms. The normalized spacial score (nSPS) is 11.3. The second kappa shape index (κ2) is 9.70. The number of nitrogens with one attached hydrogen (secondary N) is 1. The first-order valence-corrected chi connectivity index (χ1v) is 11.3. The van der Waals surface area contributed by atoms with E-state index in [-0.39, 0.29) is 5.91 Å². The van der Waals surface area contributed by atoms with E-state index in [1.165, 1.54) is 13.2 Å². The number of carbonyl (C=O) groups excluding carboxylic acids is 1. The number of furan rings is 1. The standard InChI is InChI=1S/C27H18Cl2N2O4/c1-33-24-9-6-16(27-31-21-4-2-3-5-25(21)35-27)14-22(24)30-26(32)11-8-20-7-10-23(34-20)17-12-18(28)15-19(29)13-17/h2-15H,1H3,(H,30,32)/b11-8+. The first-order chi connectivity index (χ1) is 17.0. The van der Waals surface area contributed by atoms with Crippen LogP contribution in [0.3, 0.4) is 0 Å². The lowest BCUT2D eigenvalue weighted by Crippen LogP contribution is -2.09. The highest BCUT2D eigenvalue weighted by atomic mass is 35.5. The Morgan fingerprint density at radius 2 is 1.74 bits per heavy atom. The highest BCUT2D eigenvalue weighted by Crippen LogP contribution is 2.32. The van der Waals surface area contributed by atoms with Gasteiger partial charge in [0.25, 0.3) is 0 Å². The van der Waals surface area contributed by atoms with E-state index < -0.39 is 0 Å². The zero-order chi connectivity index (χ0) is 24.4. The van der Waals surface area contributed by atoms with Gasteiger partial charge in [0.1, 0.15) is 22.8 Å². The van der Waals surface area contributed by atoms with Crippen LogP contribution in [0.25, 0.3) is 40.0 Å². The van der Waals surface area contributed by atoms with Crippen molar-refractivity contribution in [2.45, 2.75) is 0 Å². The van der Waals surface area contributed by atoms with Crippen LogP contribution in [-0.4, -0.2) is 18.0 Å². The predicted octanol–water partition coefficient (Wildman–Crippen LogP) is 7.72. The Kier molecular flexibility index (Phi) is 6.31. The summed E-state index contributed by atoms with van der Waals surface area (Å²) < 4.78 is 17.0. The van der Waals surface area contributed by atoms with Gasteiger partial charge in [0.15, 0.2) is 5.58 Å². The number of nitrogens with zero attached hydrogens (tertiary/aromatic N) is 1. The zero-order valence-electron chi connectivity index (χ0n) is 18.4. The Bertz CT molecular complexity index is 1520. The minimum absolute atomic E-state index is 0.359.